The third-order valence-electron chi connectivity index (χ3n) is 3.08. The fourth-order valence-electron chi connectivity index (χ4n) is 2.14. The van der Waals surface area contributed by atoms with Gasteiger partial charge in [-0.15, -0.1) is 5.10 Å². The van der Waals surface area contributed by atoms with E-state index in [9.17, 15) is 8.78 Å². The molecule has 0 saturated carbocycles. The number of nitrogens with zero attached hydrogens (tertiary/aromatic N) is 3. The van der Waals surface area contributed by atoms with Crippen molar-refractivity contribution < 1.29 is 8.78 Å². The zero-order chi connectivity index (χ0) is 13.9. The highest BCUT2D eigenvalue weighted by Crippen LogP contribution is 2.26. The number of halogens is 2. The summed E-state index contributed by atoms with van der Waals surface area (Å²) in [4.78, 5) is 0. The monoisotopic (exact) mass is 271 g/mol. The molecule has 1 heterocycles. The molecule has 0 spiro atoms. The molecule has 3 rings (SSSR count). The average molecular weight is 271 g/mol. The summed E-state index contributed by atoms with van der Waals surface area (Å²) in [5, 5.41) is 7.79. The van der Waals surface area contributed by atoms with Crippen LogP contribution in [0.4, 0.5) is 8.78 Å². The van der Waals surface area contributed by atoms with Crippen LogP contribution >= 0.6 is 0 Å². The Morgan fingerprint density at radius 1 is 0.800 bits per heavy atom. The van der Waals surface area contributed by atoms with E-state index in [4.69, 9.17) is 0 Å². The molecule has 2 aromatic carbocycles. The van der Waals surface area contributed by atoms with E-state index in [2.05, 4.69) is 10.3 Å². The highest BCUT2D eigenvalue weighted by molar-refractivity contribution is 5.32. The van der Waals surface area contributed by atoms with Gasteiger partial charge in [0.15, 0.2) is 0 Å². The van der Waals surface area contributed by atoms with Crippen molar-refractivity contribution in [1.29, 1.82) is 0 Å². The molecule has 0 atom stereocenters. The van der Waals surface area contributed by atoms with Gasteiger partial charge >= 0.3 is 0 Å². The van der Waals surface area contributed by atoms with Crippen LogP contribution < -0.4 is 0 Å². The SMILES string of the molecule is Fc1ccc(C(c2ccc(F)cc2)n2ccnn2)cc1. The predicted molar refractivity (Wildman–Crippen MR) is 70.1 cm³/mol. The van der Waals surface area contributed by atoms with Crippen molar-refractivity contribution >= 4 is 0 Å². The van der Waals surface area contributed by atoms with Gasteiger partial charge in [0.05, 0.1) is 6.20 Å². The highest BCUT2D eigenvalue weighted by Gasteiger charge is 2.17. The maximum Gasteiger partial charge on any atom is 0.123 e. The first-order valence-corrected chi connectivity index (χ1v) is 6.11. The van der Waals surface area contributed by atoms with Crippen LogP contribution in [-0.4, -0.2) is 15.0 Å². The Morgan fingerprint density at radius 3 is 1.70 bits per heavy atom. The molecule has 3 nitrogen and oxygen atoms in total. The zero-order valence-corrected chi connectivity index (χ0v) is 10.4. The molecule has 0 aliphatic rings. The Morgan fingerprint density at radius 2 is 1.30 bits per heavy atom. The van der Waals surface area contributed by atoms with Gasteiger partial charge in [0, 0.05) is 6.20 Å². The van der Waals surface area contributed by atoms with Crippen molar-refractivity contribution in [2.24, 2.45) is 0 Å². The number of hydrogen-bond acceptors (Lipinski definition) is 2. The molecule has 20 heavy (non-hydrogen) atoms. The molecule has 3 aromatic rings. The van der Waals surface area contributed by atoms with E-state index in [1.807, 2.05) is 0 Å². The van der Waals surface area contributed by atoms with Gasteiger partial charge in [0.2, 0.25) is 0 Å². The van der Waals surface area contributed by atoms with Crippen molar-refractivity contribution in [3.8, 4) is 0 Å². The molecule has 0 aliphatic heterocycles. The first-order chi connectivity index (χ1) is 9.74. The number of aromatic nitrogens is 3. The van der Waals surface area contributed by atoms with Crippen LogP contribution in [0.3, 0.4) is 0 Å². The highest BCUT2D eigenvalue weighted by atomic mass is 19.1. The van der Waals surface area contributed by atoms with Crippen molar-refractivity contribution in [3.63, 3.8) is 0 Å². The number of hydrogen-bond donors (Lipinski definition) is 0. The minimum atomic E-state index is -0.301. The first-order valence-electron chi connectivity index (χ1n) is 6.11. The summed E-state index contributed by atoms with van der Waals surface area (Å²) in [6.45, 7) is 0. The maximum atomic E-state index is 13.1. The zero-order valence-electron chi connectivity index (χ0n) is 10.4. The Bertz CT molecular complexity index is 631. The smallest absolute Gasteiger partial charge is 0.123 e. The van der Waals surface area contributed by atoms with Crippen LogP contribution in [-0.2, 0) is 0 Å². The van der Waals surface area contributed by atoms with E-state index in [0.29, 0.717) is 0 Å². The van der Waals surface area contributed by atoms with E-state index in [0.717, 1.165) is 11.1 Å². The van der Waals surface area contributed by atoms with Crippen LogP contribution in [0.15, 0.2) is 60.9 Å². The first kappa shape index (κ1) is 12.5. The molecule has 0 amide bonds. The Hall–Kier alpha value is -2.56. The predicted octanol–water partition coefficient (Wildman–Crippen LogP) is 3.19. The largest absolute Gasteiger partial charge is 0.241 e. The van der Waals surface area contributed by atoms with Gasteiger partial charge < -0.3 is 0 Å². The lowest BCUT2D eigenvalue weighted by Crippen LogP contribution is -2.13. The van der Waals surface area contributed by atoms with E-state index < -0.39 is 0 Å². The summed E-state index contributed by atoms with van der Waals surface area (Å²) < 4.78 is 27.8. The van der Waals surface area contributed by atoms with Crippen LogP contribution in [0.25, 0.3) is 0 Å². The second-order valence-corrected chi connectivity index (χ2v) is 4.39. The molecule has 0 fully saturated rings. The van der Waals surface area contributed by atoms with Gasteiger partial charge in [-0.1, -0.05) is 29.5 Å². The minimum Gasteiger partial charge on any atom is -0.241 e. The molecule has 0 bridgehead atoms. The second kappa shape index (κ2) is 5.21. The molecule has 0 saturated heterocycles. The van der Waals surface area contributed by atoms with E-state index in [-0.39, 0.29) is 17.7 Å². The van der Waals surface area contributed by atoms with Crippen molar-refractivity contribution in [3.05, 3.63) is 83.7 Å². The Kier molecular flexibility index (Phi) is 3.25. The Labute approximate surface area is 114 Å². The molecule has 100 valence electrons. The fourth-order valence-corrected chi connectivity index (χ4v) is 2.14. The second-order valence-electron chi connectivity index (χ2n) is 4.39. The van der Waals surface area contributed by atoms with Crippen LogP contribution in [0.1, 0.15) is 17.2 Å². The van der Waals surface area contributed by atoms with Gasteiger partial charge in [0.1, 0.15) is 17.7 Å². The molecular weight excluding hydrogens is 260 g/mol. The third kappa shape index (κ3) is 2.42. The van der Waals surface area contributed by atoms with Gasteiger partial charge in [-0.2, -0.15) is 0 Å². The maximum absolute atomic E-state index is 13.1. The quantitative estimate of drug-likeness (QED) is 0.732. The molecule has 0 unspecified atom stereocenters. The van der Waals surface area contributed by atoms with E-state index in [1.54, 1.807) is 41.3 Å². The van der Waals surface area contributed by atoms with Gasteiger partial charge in [-0.3, -0.25) is 0 Å². The molecule has 5 heteroatoms. The molecule has 0 radical (unpaired) electrons. The third-order valence-corrected chi connectivity index (χ3v) is 3.08. The van der Waals surface area contributed by atoms with Crippen LogP contribution in [0.5, 0.6) is 0 Å². The summed E-state index contributed by atoms with van der Waals surface area (Å²) in [7, 11) is 0. The summed E-state index contributed by atoms with van der Waals surface area (Å²) in [6.07, 6.45) is 3.29. The van der Waals surface area contributed by atoms with Crippen molar-refractivity contribution in [1.82, 2.24) is 15.0 Å². The summed E-state index contributed by atoms with van der Waals surface area (Å²) in [5.41, 5.74) is 1.70. The van der Waals surface area contributed by atoms with Crippen LogP contribution in [0.2, 0.25) is 0 Å². The van der Waals surface area contributed by atoms with E-state index in [1.165, 1.54) is 24.3 Å². The van der Waals surface area contributed by atoms with Crippen molar-refractivity contribution in [2.75, 3.05) is 0 Å². The number of benzene rings is 2. The van der Waals surface area contributed by atoms with Gasteiger partial charge in [-0.05, 0) is 35.4 Å². The molecule has 0 N–H and O–H groups in total. The normalized spacial score (nSPS) is 10.9. The standard InChI is InChI=1S/C15H11F2N3/c16-13-5-1-11(2-6-13)15(20-10-9-18-19-20)12-3-7-14(17)8-4-12/h1-10,15H. The summed E-state index contributed by atoms with van der Waals surface area (Å²) >= 11 is 0. The lowest BCUT2D eigenvalue weighted by molar-refractivity contribution is 0.565. The average Bonchev–Trinajstić information content (AvgIpc) is 2.97. The molecule has 1 aromatic heterocycles. The molecule has 0 aliphatic carbocycles. The Balaban J connectivity index is 2.09. The van der Waals surface area contributed by atoms with Crippen molar-refractivity contribution in [2.45, 2.75) is 6.04 Å². The number of rotatable bonds is 3. The minimum absolute atomic E-state index is 0.265. The topological polar surface area (TPSA) is 30.7 Å². The van der Waals surface area contributed by atoms with E-state index >= 15 is 0 Å². The van der Waals surface area contributed by atoms with Crippen LogP contribution in [0, 0.1) is 11.6 Å². The van der Waals surface area contributed by atoms with Gasteiger partial charge in [-0.25, -0.2) is 13.5 Å². The lowest BCUT2D eigenvalue weighted by Gasteiger charge is -2.18. The molecular formula is C15H11F2N3. The summed E-state index contributed by atoms with van der Waals surface area (Å²) in [5.74, 6) is -0.601. The van der Waals surface area contributed by atoms with Gasteiger partial charge in [0.25, 0.3) is 0 Å². The lowest BCUT2D eigenvalue weighted by atomic mass is 9.99. The summed E-state index contributed by atoms with van der Waals surface area (Å²) in [6, 6.07) is 12.0. The fraction of sp³-hybridized carbons (Fsp3) is 0.0667.